The van der Waals surface area contributed by atoms with Gasteiger partial charge in [0.25, 0.3) is 5.92 Å². The Labute approximate surface area is 74.5 Å². The Morgan fingerprint density at radius 3 is 2.08 bits per heavy atom. The molecule has 0 saturated heterocycles. The van der Waals surface area contributed by atoms with Gasteiger partial charge in [-0.1, -0.05) is 27.2 Å². The first kappa shape index (κ1) is 14.3. The van der Waals surface area contributed by atoms with Gasteiger partial charge < -0.3 is 5.32 Å². The monoisotopic (exact) mass is 181 g/mol. The Kier molecular flexibility index (Phi) is 10.7. The summed E-state index contributed by atoms with van der Waals surface area (Å²) in [7, 11) is 1.54. The van der Waals surface area contributed by atoms with E-state index in [1.54, 1.807) is 7.05 Å². The summed E-state index contributed by atoms with van der Waals surface area (Å²) in [5.74, 6) is -2.51. The number of hydrogen-bond acceptors (Lipinski definition) is 1. The lowest BCUT2D eigenvalue weighted by Gasteiger charge is -2.14. The molecule has 0 radical (unpaired) electrons. The molecule has 0 heterocycles. The molecule has 0 aromatic rings. The van der Waals surface area contributed by atoms with Gasteiger partial charge in [0, 0.05) is 6.42 Å². The van der Waals surface area contributed by atoms with E-state index < -0.39 is 5.92 Å². The van der Waals surface area contributed by atoms with E-state index in [1.165, 1.54) is 0 Å². The van der Waals surface area contributed by atoms with Gasteiger partial charge in [-0.2, -0.15) is 0 Å². The largest absolute Gasteiger partial charge is 0.314 e. The molecule has 0 aromatic carbocycles. The molecule has 1 nitrogen and oxygen atoms in total. The molecule has 3 heteroatoms. The predicted molar refractivity (Wildman–Crippen MR) is 49.7 cm³/mol. The summed E-state index contributed by atoms with van der Waals surface area (Å²) in [6, 6.07) is 0. The maximum atomic E-state index is 12.5. The molecular weight excluding hydrogens is 160 g/mol. The van der Waals surface area contributed by atoms with Crippen molar-refractivity contribution in [2.45, 2.75) is 46.0 Å². The first-order valence-electron chi connectivity index (χ1n) is 4.65. The quantitative estimate of drug-likeness (QED) is 0.687. The molecule has 12 heavy (non-hydrogen) atoms. The molecule has 0 aromatic heterocycles. The lowest BCUT2D eigenvalue weighted by atomic mass is 10.1. The molecule has 0 saturated carbocycles. The molecule has 0 amide bonds. The third-order valence-corrected chi connectivity index (χ3v) is 1.33. The summed E-state index contributed by atoms with van der Waals surface area (Å²) in [6.07, 6.45) is 1.44. The molecule has 0 fully saturated rings. The molecule has 1 N–H and O–H groups in total. The van der Waals surface area contributed by atoms with E-state index in [1.807, 2.05) is 20.8 Å². The van der Waals surface area contributed by atoms with Crippen LogP contribution in [0.5, 0.6) is 0 Å². The van der Waals surface area contributed by atoms with Crippen molar-refractivity contribution in [2.24, 2.45) is 0 Å². The minimum atomic E-state index is -2.51. The number of halogens is 2. The lowest BCUT2D eigenvalue weighted by Crippen LogP contribution is -2.30. The van der Waals surface area contributed by atoms with Crippen LogP contribution in [0.3, 0.4) is 0 Å². The summed E-state index contributed by atoms with van der Waals surface area (Å²) in [6.45, 7) is 5.71. The van der Waals surface area contributed by atoms with Crippen LogP contribution in [0.1, 0.15) is 40.0 Å². The molecule has 0 rings (SSSR count). The summed E-state index contributed by atoms with van der Waals surface area (Å²) in [5, 5.41) is 2.47. The Balaban J connectivity index is 0. The molecule has 0 aliphatic heterocycles. The van der Waals surface area contributed by atoms with Gasteiger partial charge in [0.15, 0.2) is 0 Å². The summed E-state index contributed by atoms with van der Waals surface area (Å²) in [4.78, 5) is 0. The third kappa shape index (κ3) is 9.82. The van der Waals surface area contributed by atoms with Crippen LogP contribution in [0.25, 0.3) is 0 Å². The van der Waals surface area contributed by atoms with Crippen LogP contribution in [-0.4, -0.2) is 19.5 Å². The van der Waals surface area contributed by atoms with Crippen molar-refractivity contribution in [1.82, 2.24) is 5.32 Å². The zero-order chi connectivity index (χ0) is 10.0. The average Bonchev–Trinajstić information content (AvgIpc) is 2.05. The zero-order valence-corrected chi connectivity index (χ0v) is 8.58. The Hall–Kier alpha value is -0.180. The van der Waals surface area contributed by atoms with Crippen molar-refractivity contribution in [1.29, 1.82) is 0 Å². The van der Waals surface area contributed by atoms with Crippen LogP contribution in [0.15, 0.2) is 0 Å². The zero-order valence-electron chi connectivity index (χ0n) is 8.58. The molecule has 0 bridgehead atoms. The van der Waals surface area contributed by atoms with Gasteiger partial charge in [0.1, 0.15) is 0 Å². The molecule has 0 atom stereocenters. The van der Waals surface area contributed by atoms with Gasteiger partial charge in [0.05, 0.1) is 6.54 Å². The SMILES string of the molecule is CC.CCCCC(F)(F)CNC. The van der Waals surface area contributed by atoms with Crippen molar-refractivity contribution in [3.05, 3.63) is 0 Å². The minimum absolute atomic E-state index is 0.00431. The highest BCUT2D eigenvalue weighted by atomic mass is 19.3. The number of hydrogen-bond donors (Lipinski definition) is 1. The van der Waals surface area contributed by atoms with E-state index in [-0.39, 0.29) is 13.0 Å². The van der Waals surface area contributed by atoms with Crippen molar-refractivity contribution in [2.75, 3.05) is 13.6 Å². The van der Waals surface area contributed by atoms with Crippen LogP contribution >= 0.6 is 0 Å². The average molecular weight is 181 g/mol. The van der Waals surface area contributed by atoms with Gasteiger partial charge >= 0.3 is 0 Å². The highest BCUT2D eigenvalue weighted by Crippen LogP contribution is 2.19. The second-order valence-electron chi connectivity index (χ2n) is 2.49. The fourth-order valence-corrected chi connectivity index (χ4v) is 0.782. The maximum absolute atomic E-state index is 12.5. The van der Waals surface area contributed by atoms with E-state index >= 15 is 0 Å². The van der Waals surface area contributed by atoms with E-state index in [2.05, 4.69) is 5.32 Å². The minimum Gasteiger partial charge on any atom is -0.314 e. The smallest absolute Gasteiger partial charge is 0.260 e. The summed E-state index contributed by atoms with van der Waals surface area (Å²) in [5.41, 5.74) is 0. The fraction of sp³-hybridized carbons (Fsp3) is 1.00. The highest BCUT2D eigenvalue weighted by Gasteiger charge is 2.26. The van der Waals surface area contributed by atoms with Crippen LogP contribution in [0.2, 0.25) is 0 Å². The van der Waals surface area contributed by atoms with Crippen LogP contribution in [0, 0.1) is 0 Å². The van der Waals surface area contributed by atoms with Crippen molar-refractivity contribution < 1.29 is 8.78 Å². The number of unbranched alkanes of at least 4 members (excludes halogenated alkanes) is 1. The Morgan fingerprint density at radius 2 is 1.75 bits per heavy atom. The topological polar surface area (TPSA) is 12.0 Å². The second-order valence-corrected chi connectivity index (χ2v) is 2.49. The Bertz CT molecular complexity index is 84.6. The normalized spacial score (nSPS) is 10.5. The van der Waals surface area contributed by atoms with Gasteiger partial charge in [-0.05, 0) is 13.5 Å². The van der Waals surface area contributed by atoms with Crippen LogP contribution in [-0.2, 0) is 0 Å². The fourth-order valence-electron chi connectivity index (χ4n) is 0.782. The molecule has 0 aliphatic rings. The number of rotatable bonds is 5. The van der Waals surface area contributed by atoms with Gasteiger partial charge in [0.2, 0.25) is 0 Å². The number of nitrogens with one attached hydrogen (secondary N) is 1. The van der Waals surface area contributed by atoms with Crippen LogP contribution < -0.4 is 5.32 Å². The molecular formula is C9H21F2N. The molecule has 76 valence electrons. The molecule has 0 unspecified atom stereocenters. The second kappa shape index (κ2) is 8.91. The predicted octanol–water partition coefficient (Wildman–Crippen LogP) is 3.06. The van der Waals surface area contributed by atoms with Gasteiger partial charge in [-0.15, -0.1) is 0 Å². The standard InChI is InChI=1S/C7H15F2N.C2H6/c1-3-4-5-7(8,9)6-10-2;1-2/h10H,3-6H2,1-2H3;1-2H3. The summed E-state index contributed by atoms with van der Waals surface area (Å²) < 4.78 is 25.1. The van der Waals surface area contributed by atoms with E-state index in [0.717, 1.165) is 6.42 Å². The number of alkyl halides is 2. The highest BCUT2D eigenvalue weighted by molar-refractivity contribution is 4.67. The van der Waals surface area contributed by atoms with Crippen molar-refractivity contribution >= 4 is 0 Å². The molecule has 0 spiro atoms. The van der Waals surface area contributed by atoms with Crippen molar-refractivity contribution in [3.8, 4) is 0 Å². The van der Waals surface area contributed by atoms with Gasteiger partial charge in [-0.3, -0.25) is 0 Å². The summed E-state index contributed by atoms with van der Waals surface area (Å²) >= 11 is 0. The van der Waals surface area contributed by atoms with Gasteiger partial charge in [-0.25, -0.2) is 8.78 Å². The first-order valence-corrected chi connectivity index (χ1v) is 4.65. The lowest BCUT2D eigenvalue weighted by molar-refractivity contribution is -0.00660. The maximum Gasteiger partial charge on any atom is 0.260 e. The molecule has 0 aliphatic carbocycles. The van der Waals surface area contributed by atoms with E-state index in [9.17, 15) is 8.78 Å². The van der Waals surface area contributed by atoms with Crippen LogP contribution in [0.4, 0.5) is 8.78 Å². The van der Waals surface area contributed by atoms with E-state index in [4.69, 9.17) is 0 Å². The third-order valence-electron chi connectivity index (χ3n) is 1.33. The van der Waals surface area contributed by atoms with Crippen molar-refractivity contribution in [3.63, 3.8) is 0 Å². The Morgan fingerprint density at radius 1 is 1.25 bits per heavy atom. The first-order chi connectivity index (χ1) is 5.62. The van der Waals surface area contributed by atoms with E-state index in [0.29, 0.717) is 6.42 Å².